The number of ketones is 1. The molecule has 0 spiro atoms. The maximum absolute atomic E-state index is 9.54. The zero-order chi connectivity index (χ0) is 12.1. The van der Waals surface area contributed by atoms with Gasteiger partial charge in [-0.15, -0.1) is 0 Å². The van der Waals surface area contributed by atoms with Gasteiger partial charge in [-0.1, -0.05) is 5.64 Å². The van der Waals surface area contributed by atoms with Gasteiger partial charge in [-0.25, -0.2) is 4.79 Å². The van der Waals surface area contributed by atoms with E-state index in [-0.39, 0.29) is 26.4 Å². The van der Waals surface area contributed by atoms with Crippen molar-refractivity contribution in [1.82, 2.24) is 5.64 Å². The third-order valence-corrected chi connectivity index (χ3v) is 0.806. The number of carbonyl (C=O) groups is 2. The molecule has 0 aromatic heterocycles. The van der Waals surface area contributed by atoms with Crippen molar-refractivity contribution in [2.75, 3.05) is 26.4 Å². The average molecular weight is 225 g/mol. The van der Waals surface area contributed by atoms with Crippen LogP contribution < -0.4 is 5.64 Å². The number of rotatable bonds is 7. The molecule has 0 amide bonds. The molecule has 0 aliphatic heterocycles. The van der Waals surface area contributed by atoms with E-state index in [1.807, 2.05) is 0 Å². The van der Waals surface area contributed by atoms with Crippen molar-refractivity contribution in [2.45, 2.75) is 6.92 Å². The molecular weight excluding hydrogens is 210 g/mol. The number of hydrogen-bond acceptors (Lipinski definition) is 7. The number of hydrogen-bond donors (Lipinski definition) is 4. The molecule has 90 valence electrons. The number of carboxylic acid groups (broad SMARTS) is 1. The van der Waals surface area contributed by atoms with Crippen molar-refractivity contribution in [2.24, 2.45) is 0 Å². The fourth-order valence-electron chi connectivity index (χ4n) is 0.216. The number of aliphatic hydroxyl groups is 2. The highest BCUT2D eigenvalue weighted by Crippen LogP contribution is 1.67. The van der Waals surface area contributed by atoms with E-state index >= 15 is 0 Å². The maximum atomic E-state index is 9.54. The fourth-order valence-corrected chi connectivity index (χ4v) is 0.216. The minimum absolute atomic E-state index is 0.0600. The molecule has 0 saturated carbocycles. The summed E-state index contributed by atoms with van der Waals surface area (Å²) in [7, 11) is 0. The van der Waals surface area contributed by atoms with Crippen LogP contribution in [0.3, 0.4) is 0 Å². The summed E-state index contributed by atoms with van der Waals surface area (Å²) in [6, 6.07) is 0. The molecule has 8 nitrogen and oxygen atoms in total. The van der Waals surface area contributed by atoms with Crippen LogP contribution in [0.25, 0.3) is 0 Å². The third-order valence-electron chi connectivity index (χ3n) is 0.806. The van der Waals surface area contributed by atoms with E-state index in [4.69, 9.17) is 15.3 Å². The summed E-state index contributed by atoms with van der Waals surface area (Å²) in [5.41, 5.74) is 2.07. The highest BCUT2D eigenvalue weighted by atomic mass is 16.9. The molecule has 0 heterocycles. The van der Waals surface area contributed by atoms with Crippen molar-refractivity contribution in [3.63, 3.8) is 0 Å². The molecule has 0 aromatic carbocycles. The first-order chi connectivity index (χ1) is 7.06. The zero-order valence-electron chi connectivity index (χ0n) is 8.30. The molecule has 15 heavy (non-hydrogen) atoms. The van der Waals surface area contributed by atoms with Gasteiger partial charge in [0, 0.05) is 6.92 Å². The molecular formula is C7H15NO7. The lowest BCUT2D eigenvalue weighted by molar-refractivity contribution is -0.178. The van der Waals surface area contributed by atoms with E-state index < -0.39 is 11.8 Å². The van der Waals surface area contributed by atoms with Gasteiger partial charge in [-0.2, -0.15) is 0 Å². The second-order valence-electron chi connectivity index (χ2n) is 2.09. The molecule has 0 radical (unpaired) electrons. The standard InChI is InChI=1S/C4H11NO4.C3H4O3/c6-1-3-8-5-9-4-2-7;1-2(4)3(5)6/h5-7H,1-4H2;1H3,(H,5,6). The molecule has 0 bridgehead atoms. The first-order valence-corrected chi connectivity index (χ1v) is 4.00. The Morgan fingerprint density at radius 1 is 1.13 bits per heavy atom. The maximum Gasteiger partial charge on any atom is 0.371 e. The van der Waals surface area contributed by atoms with Crippen LogP contribution in [0.4, 0.5) is 0 Å². The molecule has 8 heteroatoms. The van der Waals surface area contributed by atoms with Crippen molar-refractivity contribution in [3.8, 4) is 0 Å². The zero-order valence-corrected chi connectivity index (χ0v) is 8.30. The SMILES string of the molecule is CC(=O)C(=O)O.OCCONOCCO. The summed E-state index contributed by atoms with van der Waals surface area (Å²) >= 11 is 0. The van der Waals surface area contributed by atoms with Crippen LogP contribution >= 0.6 is 0 Å². The lowest BCUT2D eigenvalue weighted by Crippen LogP contribution is -2.19. The monoisotopic (exact) mass is 225 g/mol. The molecule has 0 unspecified atom stereocenters. The molecule has 0 rings (SSSR count). The summed E-state index contributed by atoms with van der Waals surface area (Å²) in [6.45, 7) is 1.23. The second kappa shape index (κ2) is 12.9. The molecule has 0 aromatic rings. The van der Waals surface area contributed by atoms with Crippen molar-refractivity contribution in [1.29, 1.82) is 0 Å². The highest BCUT2D eigenvalue weighted by Gasteiger charge is 1.98. The highest BCUT2D eigenvalue weighted by molar-refractivity contribution is 6.31. The first-order valence-electron chi connectivity index (χ1n) is 4.00. The van der Waals surface area contributed by atoms with E-state index in [0.29, 0.717) is 0 Å². The summed E-state index contributed by atoms with van der Waals surface area (Å²) in [4.78, 5) is 27.8. The van der Waals surface area contributed by atoms with Gasteiger partial charge in [0.05, 0.1) is 26.4 Å². The van der Waals surface area contributed by atoms with E-state index in [1.54, 1.807) is 0 Å². The number of carboxylic acids is 1. The summed E-state index contributed by atoms with van der Waals surface area (Å²) in [5.74, 6) is -2.20. The Balaban J connectivity index is 0. The van der Waals surface area contributed by atoms with Crippen LogP contribution in [0.5, 0.6) is 0 Å². The molecule has 4 N–H and O–H groups in total. The number of Topliss-reactive ketones (excluding diaryl/α,β-unsaturated/α-hetero) is 1. The second-order valence-corrected chi connectivity index (χ2v) is 2.09. The Kier molecular flexibility index (Phi) is 14.1. The van der Waals surface area contributed by atoms with Crippen molar-refractivity contribution >= 4 is 11.8 Å². The quantitative estimate of drug-likeness (QED) is 0.224. The van der Waals surface area contributed by atoms with Crippen molar-refractivity contribution in [3.05, 3.63) is 0 Å². The van der Waals surface area contributed by atoms with Crippen LogP contribution in [-0.4, -0.2) is 53.5 Å². The molecule has 0 aliphatic rings. The topological polar surface area (TPSA) is 125 Å². The van der Waals surface area contributed by atoms with Gasteiger partial charge in [-0.3, -0.25) is 14.5 Å². The Bertz CT molecular complexity index is 155. The van der Waals surface area contributed by atoms with Crippen molar-refractivity contribution < 1.29 is 34.6 Å². The number of aliphatic carboxylic acids is 1. The predicted molar refractivity (Wildman–Crippen MR) is 47.5 cm³/mol. The predicted octanol–water partition coefficient (Wildman–Crippen LogP) is -1.92. The van der Waals surface area contributed by atoms with E-state index in [9.17, 15) is 9.59 Å². The number of aliphatic hydroxyl groups excluding tert-OH is 2. The minimum atomic E-state index is -1.38. The largest absolute Gasteiger partial charge is 0.476 e. The number of nitrogens with one attached hydrogen (secondary N) is 1. The molecule has 0 atom stereocenters. The Morgan fingerprint density at radius 3 is 1.67 bits per heavy atom. The van der Waals surface area contributed by atoms with Gasteiger partial charge in [0.1, 0.15) is 0 Å². The normalized spacial score (nSPS) is 9.00. The lowest BCUT2D eigenvalue weighted by atomic mass is 10.5. The van der Waals surface area contributed by atoms with Crippen LogP contribution in [-0.2, 0) is 19.3 Å². The summed E-state index contributed by atoms with van der Waals surface area (Å²) in [6.07, 6.45) is 0. The van der Waals surface area contributed by atoms with E-state index in [0.717, 1.165) is 6.92 Å². The Hall–Kier alpha value is -1.06. The Morgan fingerprint density at radius 2 is 1.47 bits per heavy atom. The lowest BCUT2D eigenvalue weighted by Gasteiger charge is -2.01. The molecule has 0 fully saturated rings. The summed E-state index contributed by atoms with van der Waals surface area (Å²) in [5, 5.41) is 23.9. The minimum Gasteiger partial charge on any atom is -0.476 e. The van der Waals surface area contributed by atoms with Crippen LogP contribution in [0.2, 0.25) is 0 Å². The van der Waals surface area contributed by atoms with Crippen LogP contribution in [0.15, 0.2) is 0 Å². The van der Waals surface area contributed by atoms with E-state index in [1.165, 1.54) is 0 Å². The van der Waals surface area contributed by atoms with Gasteiger partial charge in [0.2, 0.25) is 5.78 Å². The number of carbonyl (C=O) groups excluding carboxylic acids is 1. The van der Waals surface area contributed by atoms with Gasteiger partial charge < -0.3 is 15.3 Å². The third kappa shape index (κ3) is 19.4. The van der Waals surface area contributed by atoms with E-state index in [2.05, 4.69) is 15.3 Å². The average Bonchev–Trinajstić information content (AvgIpc) is 2.18. The fraction of sp³-hybridized carbons (Fsp3) is 0.714. The van der Waals surface area contributed by atoms with Gasteiger partial charge in [-0.05, 0) is 0 Å². The summed E-state index contributed by atoms with van der Waals surface area (Å²) < 4.78 is 0. The van der Waals surface area contributed by atoms with Crippen LogP contribution in [0, 0.1) is 0 Å². The van der Waals surface area contributed by atoms with Gasteiger partial charge >= 0.3 is 5.97 Å². The molecule has 0 aliphatic carbocycles. The van der Waals surface area contributed by atoms with Gasteiger partial charge in [0.15, 0.2) is 0 Å². The smallest absolute Gasteiger partial charge is 0.371 e. The van der Waals surface area contributed by atoms with Crippen LogP contribution in [0.1, 0.15) is 6.92 Å². The Labute approximate surface area is 86.3 Å². The van der Waals surface area contributed by atoms with Gasteiger partial charge in [0.25, 0.3) is 0 Å². The molecule has 0 saturated heterocycles. The first kappa shape index (κ1) is 16.4.